The first kappa shape index (κ1) is 16.7. The summed E-state index contributed by atoms with van der Waals surface area (Å²) in [7, 11) is 0. The van der Waals surface area contributed by atoms with Crippen molar-refractivity contribution in [2.24, 2.45) is 0 Å². The highest BCUT2D eigenvalue weighted by Gasteiger charge is 2.31. The van der Waals surface area contributed by atoms with Crippen LogP contribution < -0.4 is 5.63 Å². The minimum Gasteiger partial charge on any atom is -0.421 e. The highest BCUT2D eigenvalue weighted by atomic mass is 16.4. The minimum atomic E-state index is -0.404. The molecule has 0 fully saturated rings. The molecule has 0 amide bonds. The summed E-state index contributed by atoms with van der Waals surface area (Å²) < 4.78 is 5.35. The second-order valence-corrected chi connectivity index (χ2v) is 4.51. The molecule has 1 aromatic heterocycles. The van der Waals surface area contributed by atoms with E-state index in [0.29, 0.717) is 33.2 Å². The highest BCUT2D eigenvalue weighted by molar-refractivity contribution is 6.26. The van der Waals surface area contributed by atoms with E-state index in [2.05, 4.69) is 0 Å². The van der Waals surface area contributed by atoms with Gasteiger partial charge in [-0.05, 0) is 6.07 Å². The van der Waals surface area contributed by atoms with E-state index in [1.807, 2.05) is 45.9 Å². The maximum Gasteiger partial charge on any atom is 0.344 e. The van der Waals surface area contributed by atoms with E-state index >= 15 is 0 Å². The first-order valence-electron chi connectivity index (χ1n) is 7.97. The van der Waals surface area contributed by atoms with Crippen LogP contribution in [-0.4, -0.2) is 5.78 Å². The summed E-state index contributed by atoms with van der Waals surface area (Å²) in [5.41, 5.74) is 1.39. The molecule has 3 aromatic rings. The summed E-state index contributed by atoms with van der Waals surface area (Å²) in [5.74, 6) is 0.315. The number of carbonyl (C=O) groups is 1. The second-order valence-electron chi connectivity index (χ2n) is 4.51. The van der Waals surface area contributed by atoms with Gasteiger partial charge in [0, 0.05) is 16.5 Å². The maximum absolute atomic E-state index is 12.5. The molecule has 2 aromatic carbocycles. The monoisotopic (exact) mass is 308 g/mol. The lowest BCUT2D eigenvalue weighted by Crippen LogP contribution is -2.04. The van der Waals surface area contributed by atoms with Gasteiger partial charge in [0.1, 0.15) is 0 Å². The van der Waals surface area contributed by atoms with Crippen LogP contribution in [0.4, 0.5) is 0 Å². The lowest BCUT2D eigenvalue weighted by atomic mass is 10.0. The molecule has 0 unspecified atom stereocenters. The quantitative estimate of drug-likeness (QED) is 0.456. The normalized spacial score (nSPS) is 10.9. The molecule has 1 heterocycles. The molecule has 0 saturated heterocycles. The Morgan fingerprint density at radius 1 is 0.696 bits per heavy atom. The Morgan fingerprint density at radius 3 is 1.87 bits per heavy atom. The fraction of sp³-hybridized carbons (Fsp3) is 0.200. The molecule has 118 valence electrons. The van der Waals surface area contributed by atoms with Crippen molar-refractivity contribution in [2.75, 3.05) is 0 Å². The van der Waals surface area contributed by atoms with Crippen LogP contribution in [0.3, 0.4) is 0 Å². The predicted molar refractivity (Wildman–Crippen MR) is 94.0 cm³/mol. The molecule has 23 heavy (non-hydrogen) atoms. The van der Waals surface area contributed by atoms with Crippen molar-refractivity contribution < 1.29 is 9.21 Å². The average Bonchev–Trinajstić information content (AvgIpc) is 2.92. The molecule has 0 aliphatic heterocycles. The van der Waals surface area contributed by atoms with Gasteiger partial charge < -0.3 is 4.42 Å². The van der Waals surface area contributed by atoms with Crippen LogP contribution in [0.1, 0.15) is 43.6 Å². The van der Waals surface area contributed by atoms with E-state index in [1.54, 1.807) is 30.3 Å². The SMILES string of the molecule is CC.CC.O=C1c2ccccc2-c2oc(=O)c3ccccc3c21. The zero-order valence-electron chi connectivity index (χ0n) is 13.8. The van der Waals surface area contributed by atoms with E-state index in [9.17, 15) is 9.59 Å². The van der Waals surface area contributed by atoms with Crippen molar-refractivity contribution in [1.82, 2.24) is 0 Å². The maximum atomic E-state index is 12.5. The Balaban J connectivity index is 0.000000448. The summed E-state index contributed by atoms with van der Waals surface area (Å²) in [4.78, 5) is 24.4. The third kappa shape index (κ3) is 2.59. The first-order chi connectivity index (χ1) is 11.3. The van der Waals surface area contributed by atoms with Crippen LogP contribution in [0.25, 0.3) is 22.1 Å². The molecule has 0 bridgehead atoms. The van der Waals surface area contributed by atoms with Crippen molar-refractivity contribution in [3.8, 4) is 11.3 Å². The number of ketones is 1. The van der Waals surface area contributed by atoms with E-state index in [1.165, 1.54) is 0 Å². The molecule has 0 atom stereocenters. The molecule has 1 aliphatic carbocycles. The van der Waals surface area contributed by atoms with E-state index < -0.39 is 5.63 Å². The number of hydrogen-bond acceptors (Lipinski definition) is 3. The predicted octanol–water partition coefficient (Wildman–Crippen LogP) is 5.06. The zero-order chi connectivity index (χ0) is 17.0. The molecular formula is C20H20O3. The lowest BCUT2D eigenvalue weighted by Gasteiger charge is -2.02. The number of carbonyl (C=O) groups excluding carboxylic acids is 1. The largest absolute Gasteiger partial charge is 0.421 e. The van der Waals surface area contributed by atoms with Gasteiger partial charge in [0.2, 0.25) is 0 Å². The van der Waals surface area contributed by atoms with Gasteiger partial charge in [-0.2, -0.15) is 0 Å². The van der Waals surface area contributed by atoms with E-state index in [0.717, 1.165) is 0 Å². The van der Waals surface area contributed by atoms with Gasteiger partial charge in [-0.15, -0.1) is 0 Å². The summed E-state index contributed by atoms with van der Waals surface area (Å²) in [6, 6.07) is 14.2. The molecule has 0 N–H and O–H groups in total. The number of rotatable bonds is 0. The van der Waals surface area contributed by atoms with Gasteiger partial charge in [-0.3, -0.25) is 4.79 Å². The number of benzene rings is 2. The van der Waals surface area contributed by atoms with Gasteiger partial charge in [0.05, 0.1) is 10.9 Å². The van der Waals surface area contributed by atoms with Crippen LogP contribution >= 0.6 is 0 Å². The van der Waals surface area contributed by atoms with Crippen LogP contribution in [-0.2, 0) is 0 Å². The molecule has 1 aliphatic rings. The summed E-state index contributed by atoms with van der Waals surface area (Å²) in [6.45, 7) is 8.00. The standard InChI is InChI=1S/C16H8O3.2C2H6/c17-14-10-6-2-3-7-11(10)15-13(14)9-5-1-4-8-12(9)16(18)19-15;2*1-2/h1-8H;2*1-2H3. The second kappa shape index (κ2) is 7.05. The van der Waals surface area contributed by atoms with Gasteiger partial charge >= 0.3 is 5.63 Å². The lowest BCUT2D eigenvalue weighted by molar-refractivity contribution is 0.104. The first-order valence-corrected chi connectivity index (χ1v) is 7.97. The molecule has 0 spiro atoms. The van der Waals surface area contributed by atoms with Gasteiger partial charge in [-0.1, -0.05) is 70.2 Å². The minimum absolute atomic E-state index is 0.0782. The summed E-state index contributed by atoms with van der Waals surface area (Å²) >= 11 is 0. The van der Waals surface area contributed by atoms with Crippen LogP contribution in [0.2, 0.25) is 0 Å². The molecule has 0 radical (unpaired) electrons. The van der Waals surface area contributed by atoms with Gasteiger partial charge in [-0.25, -0.2) is 4.79 Å². The van der Waals surface area contributed by atoms with E-state index in [-0.39, 0.29) is 5.78 Å². The molecule has 4 rings (SSSR count). The Hall–Kier alpha value is -2.68. The highest BCUT2D eigenvalue weighted by Crippen LogP contribution is 2.38. The van der Waals surface area contributed by atoms with Crippen molar-refractivity contribution in [2.45, 2.75) is 27.7 Å². The Labute approximate surface area is 135 Å². The fourth-order valence-corrected chi connectivity index (χ4v) is 2.63. The molecular weight excluding hydrogens is 288 g/mol. The van der Waals surface area contributed by atoms with Gasteiger partial charge in [0.25, 0.3) is 0 Å². The average molecular weight is 308 g/mol. The van der Waals surface area contributed by atoms with Gasteiger partial charge in [0.15, 0.2) is 11.5 Å². The zero-order valence-corrected chi connectivity index (χ0v) is 13.8. The van der Waals surface area contributed by atoms with Crippen molar-refractivity contribution in [3.63, 3.8) is 0 Å². The summed E-state index contributed by atoms with van der Waals surface area (Å²) in [5, 5.41) is 1.11. The van der Waals surface area contributed by atoms with Crippen molar-refractivity contribution in [1.29, 1.82) is 0 Å². The Morgan fingerprint density at radius 2 is 1.22 bits per heavy atom. The third-order valence-corrected chi connectivity index (χ3v) is 3.48. The van der Waals surface area contributed by atoms with Crippen LogP contribution in [0.15, 0.2) is 57.7 Å². The van der Waals surface area contributed by atoms with E-state index in [4.69, 9.17) is 4.42 Å². The van der Waals surface area contributed by atoms with Crippen molar-refractivity contribution >= 4 is 16.6 Å². The van der Waals surface area contributed by atoms with Crippen molar-refractivity contribution in [3.05, 3.63) is 70.1 Å². The topological polar surface area (TPSA) is 47.3 Å². The summed E-state index contributed by atoms with van der Waals surface area (Å²) in [6.07, 6.45) is 0. The number of fused-ring (bicyclic) bond motifs is 5. The smallest absolute Gasteiger partial charge is 0.344 e. The molecule has 3 nitrogen and oxygen atoms in total. The van der Waals surface area contributed by atoms with Crippen LogP contribution in [0, 0.1) is 0 Å². The Kier molecular flexibility index (Phi) is 5.12. The molecule has 3 heteroatoms. The molecule has 0 saturated carbocycles. The Bertz CT molecular complexity index is 904. The van der Waals surface area contributed by atoms with Crippen LogP contribution in [0.5, 0.6) is 0 Å². The number of hydrogen-bond donors (Lipinski definition) is 0. The fourth-order valence-electron chi connectivity index (χ4n) is 2.63. The third-order valence-electron chi connectivity index (χ3n) is 3.48.